The lowest BCUT2D eigenvalue weighted by Gasteiger charge is -2.07. The van der Waals surface area contributed by atoms with Gasteiger partial charge in [-0.05, 0) is 25.1 Å². The lowest BCUT2D eigenvalue weighted by molar-refractivity contribution is 0.340. The largest absolute Gasteiger partial charge is 0.494 e. The number of nitrogens with zero attached hydrogens (tertiary/aromatic N) is 2. The number of ether oxygens (including phenoxy) is 1. The molecule has 0 unspecified atom stereocenters. The highest BCUT2D eigenvalue weighted by Gasteiger charge is 2.07. The van der Waals surface area contributed by atoms with Crippen molar-refractivity contribution >= 4 is 23.2 Å². The van der Waals surface area contributed by atoms with E-state index in [2.05, 4.69) is 9.97 Å². The zero-order chi connectivity index (χ0) is 12.3. The summed E-state index contributed by atoms with van der Waals surface area (Å²) in [5, 5.41) is 0.982. The summed E-state index contributed by atoms with van der Waals surface area (Å²) in [6.07, 6.45) is 1.40. The van der Waals surface area contributed by atoms with Crippen molar-refractivity contribution in [2.24, 2.45) is 0 Å². The minimum atomic E-state index is 0.382. The topological polar surface area (TPSA) is 35.0 Å². The third kappa shape index (κ3) is 2.87. The zero-order valence-corrected chi connectivity index (χ0v) is 10.7. The average Bonchev–Trinajstić information content (AvgIpc) is 2.32. The molecule has 0 amide bonds. The van der Waals surface area contributed by atoms with Gasteiger partial charge in [0, 0.05) is 11.6 Å². The fraction of sp³-hybridized carbons (Fsp3) is 0.167. The highest BCUT2D eigenvalue weighted by atomic mass is 35.5. The maximum Gasteiger partial charge on any atom is 0.133 e. The first-order chi connectivity index (χ1) is 8.20. The highest BCUT2D eigenvalue weighted by Crippen LogP contribution is 2.30. The van der Waals surface area contributed by atoms with Crippen LogP contribution in [0.5, 0.6) is 5.75 Å². The van der Waals surface area contributed by atoms with Gasteiger partial charge in [-0.1, -0.05) is 23.2 Å². The smallest absolute Gasteiger partial charge is 0.133 e. The molecule has 1 aromatic heterocycles. The van der Waals surface area contributed by atoms with E-state index in [1.165, 1.54) is 6.33 Å². The predicted molar refractivity (Wildman–Crippen MR) is 68.7 cm³/mol. The van der Waals surface area contributed by atoms with Crippen molar-refractivity contribution in [3.05, 3.63) is 40.8 Å². The number of aromatic nitrogens is 2. The van der Waals surface area contributed by atoms with E-state index in [0.29, 0.717) is 22.5 Å². The van der Waals surface area contributed by atoms with Crippen LogP contribution in [0.3, 0.4) is 0 Å². The van der Waals surface area contributed by atoms with E-state index in [-0.39, 0.29) is 0 Å². The Kier molecular flexibility index (Phi) is 3.82. The zero-order valence-electron chi connectivity index (χ0n) is 9.15. The van der Waals surface area contributed by atoms with Gasteiger partial charge < -0.3 is 4.74 Å². The Morgan fingerprint density at radius 1 is 1.18 bits per heavy atom. The van der Waals surface area contributed by atoms with E-state index >= 15 is 0 Å². The van der Waals surface area contributed by atoms with Crippen molar-refractivity contribution in [3.8, 4) is 17.0 Å². The number of hydrogen-bond donors (Lipinski definition) is 0. The molecule has 17 heavy (non-hydrogen) atoms. The fourth-order valence-corrected chi connectivity index (χ4v) is 1.80. The molecule has 0 radical (unpaired) electrons. The summed E-state index contributed by atoms with van der Waals surface area (Å²) in [4.78, 5) is 7.97. The van der Waals surface area contributed by atoms with Crippen molar-refractivity contribution in [3.63, 3.8) is 0 Å². The van der Waals surface area contributed by atoms with E-state index in [0.717, 1.165) is 11.3 Å². The van der Waals surface area contributed by atoms with Crippen LogP contribution in [-0.4, -0.2) is 16.6 Å². The lowest BCUT2D eigenvalue weighted by Crippen LogP contribution is -1.93. The third-order valence-electron chi connectivity index (χ3n) is 2.16. The monoisotopic (exact) mass is 268 g/mol. The van der Waals surface area contributed by atoms with Gasteiger partial charge in [0.15, 0.2) is 0 Å². The first kappa shape index (κ1) is 12.1. The third-order valence-corrected chi connectivity index (χ3v) is 2.69. The summed E-state index contributed by atoms with van der Waals surface area (Å²) in [6, 6.07) is 7.10. The Morgan fingerprint density at radius 3 is 2.71 bits per heavy atom. The van der Waals surface area contributed by atoms with Crippen LogP contribution in [0.1, 0.15) is 6.92 Å². The van der Waals surface area contributed by atoms with Crippen molar-refractivity contribution in [2.75, 3.05) is 6.61 Å². The molecule has 0 N–H and O–H groups in total. The number of halogens is 2. The summed E-state index contributed by atoms with van der Waals surface area (Å²) < 4.78 is 5.42. The highest BCUT2D eigenvalue weighted by molar-refractivity contribution is 6.33. The summed E-state index contributed by atoms with van der Waals surface area (Å²) in [5.41, 5.74) is 1.46. The molecule has 5 heteroatoms. The van der Waals surface area contributed by atoms with Gasteiger partial charge in [0.1, 0.15) is 17.2 Å². The molecule has 0 aliphatic carbocycles. The first-order valence-corrected chi connectivity index (χ1v) is 5.86. The second-order valence-electron chi connectivity index (χ2n) is 3.30. The minimum absolute atomic E-state index is 0.382. The van der Waals surface area contributed by atoms with E-state index in [9.17, 15) is 0 Å². The van der Waals surface area contributed by atoms with Gasteiger partial charge in [0.2, 0.25) is 0 Å². The number of rotatable bonds is 3. The van der Waals surface area contributed by atoms with Gasteiger partial charge >= 0.3 is 0 Å². The molecule has 88 valence electrons. The molecule has 2 aromatic rings. The standard InChI is InChI=1S/C12H10Cl2N2O/c1-2-17-8-3-4-10(13)9(5-8)11-6-12(14)16-7-15-11/h3-7H,2H2,1H3. The molecule has 0 fully saturated rings. The maximum absolute atomic E-state index is 6.12. The molecule has 0 spiro atoms. The molecule has 0 aliphatic heterocycles. The van der Waals surface area contributed by atoms with Crippen molar-refractivity contribution in [1.82, 2.24) is 9.97 Å². The van der Waals surface area contributed by atoms with Crippen LogP contribution in [0, 0.1) is 0 Å². The minimum Gasteiger partial charge on any atom is -0.494 e. The molecule has 2 rings (SSSR count). The van der Waals surface area contributed by atoms with Gasteiger partial charge in [-0.15, -0.1) is 0 Å². The molecule has 3 nitrogen and oxygen atoms in total. The van der Waals surface area contributed by atoms with Crippen LogP contribution in [0.15, 0.2) is 30.6 Å². The molecule has 1 aromatic carbocycles. The molecule has 0 atom stereocenters. The van der Waals surface area contributed by atoms with Gasteiger partial charge in [-0.3, -0.25) is 0 Å². The van der Waals surface area contributed by atoms with Gasteiger partial charge in [0.25, 0.3) is 0 Å². The Labute approximate surface area is 109 Å². The Hall–Kier alpha value is -1.32. The van der Waals surface area contributed by atoms with Crippen LogP contribution >= 0.6 is 23.2 Å². The van der Waals surface area contributed by atoms with Crippen LogP contribution in [-0.2, 0) is 0 Å². The molecular formula is C12H10Cl2N2O. The molecule has 1 heterocycles. The maximum atomic E-state index is 6.12. The molecular weight excluding hydrogens is 259 g/mol. The predicted octanol–water partition coefficient (Wildman–Crippen LogP) is 3.85. The van der Waals surface area contributed by atoms with E-state index in [1.807, 2.05) is 19.1 Å². The average molecular weight is 269 g/mol. The van der Waals surface area contributed by atoms with E-state index < -0.39 is 0 Å². The van der Waals surface area contributed by atoms with Crippen LogP contribution < -0.4 is 4.74 Å². The second-order valence-corrected chi connectivity index (χ2v) is 4.10. The Morgan fingerprint density at radius 2 is 2.00 bits per heavy atom. The summed E-state index contributed by atoms with van der Waals surface area (Å²) in [5.74, 6) is 0.752. The molecule has 0 saturated heterocycles. The van der Waals surface area contributed by atoms with Crippen LogP contribution in [0.25, 0.3) is 11.3 Å². The molecule has 0 saturated carbocycles. The lowest BCUT2D eigenvalue weighted by atomic mass is 10.1. The van der Waals surface area contributed by atoms with E-state index in [4.69, 9.17) is 27.9 Å². The fourth-order valence-electron chi connectivity index (χ4n) is 1.44. The number of hydrogen-bond acceptors (Lipinski definition) is 3. The molecule has 0 bridgehead atoms. The van der Waals surface area contributed by atoms with Gasteiger partial charge in [-0.2, -0.15) is 0 Å². The quantitative estimate of drug-likeness (QED) is 0.794. The van der Waals surface area contributed by atoms with Crippen molar-refractivity contribution in [1.29, 1.82) is 0 Å². The summed E-state index contributed by atoms with van der Waals surface area (Å²) >= 11 is 11.9. The normalized spacial score (nSPS) is 10.3. The summed E-state index contributed by atoms with van der Waals surface area (Å²) in [7, 11) is 0. The Bertz CT molecular complexity index is 532. The Balaban J connectivity index is 2.46. The van der Waals surface area contributed by atoms with Crippen LogP contribution in [0.4, 0.5) is 0 Å². The van der Waals surface area contributed by atoms with Crippen molar-refractivity contribution < 1.29 is 4.74 Å². The van der Waals surface area contributed by atoms with Gasteiger partial charge in [-0.25, -0.2) is 9.97 Å². The summed E-state index contributed by atoms with van der Waals surface area (Å²) in [6.45, 7) is 2.53. The van der Waals surface area contributed by atoms with E-state index in [1.54, 1.807) is 12.1 Å². The SMILES string of the molecule is CCOc1ccc(Cl)c(-c2cc(Cl)ncn2)c1. The van der Waals surface area contributed by atoms with Crippen LogP contribution in [0.2, 0.25) is 10.2 Å². The van der Waals surface area contributed by atoms with Crippen molar-refractivity contribution in [2.45, 2.75) is 6.92 Å². The van der Waals surface area contributed by atoms with Gasteiger partial charge in [0.05, 0.1) is 17.3 Å². The second kappa shape index (κ2) is 5.34. The molecule has 0 aliphatic rings. The number of benzene rings is 1. The first-order valence-electron chi connectivity index (χ1n) is 5.11.